The molecule has 0 aliphatic rings. The van der Waals surface area contributed by atoms with Gasteiger partial charge in [-0.15, -0.1) is 0 Å². The van der Waals surface area contributed by atoms with E-state index >= 15 is 0 Å². The lowest BCUT2D eigenvalue weighted by atomic mass is 9.85. The molecule has 0 heterocycles. The lowest BCUT2D eigenvalue weighted by Crippen LogP contribution is -2.59. The van der Waals surface area contributed by atoms with Crippen LogP contribution in [0.5, 0.6) is 0 Å². The summed E-state index contributed by atoms with van der Waals surface area (Å²) in [6, 6.07) is 14.3. The van der Waals surface area contributed by atoms with Gasteiger partial charge in [0.25, 0.3) is 5.91 Å². The SMILES string of the molecule is CNC(=O)C(NC(=O)C(Nc1ccc(-c2ccccc2)cc1)C(O)C(=O)NO)C(C)(C)C. The average molecular weight is 443 g/mol. The molecule has 0 radical (unpaired) electrons. The number of aliphatic hydroxyl groups is 1. The Kier molecular flexibility index (Phi) is 8.34. The van der Waals surface area contributed by atoms with E-state index in [1.165, 1.54) is 12.5 Å². The number of hydroxylamine groups is 1. The van der Waals surface area contributed by atoms with Crippen LogP contribution in [0, 0.1) is 5.41 Å². The van der Waals surface area contributed by atoms with Gasteiger partial charge in [-0.05, 0) is 28.7 Å². The number of hydrogen-bond donors (Lipinski definition) is 6. The maximum atomic E-state index is 13.0. The summed E-state index contributed by atoms with van der Waals surface area (Å²) in [5, 5.41) is 27.2. The van der Waals surface area contributed by atoms with E-state index < -0.39 is 41.3 Å². The average Bonchev–Trinajstić information content (AvgIpc) is 2.79. The molecule has 3 amide bonds. The molecule has 0 aromatic heterocycles. The third kappa shape index (κ3) is 6.29. The van der Waals surface area contributed by atoms with E-state index in [1.807, 2.05) is 42.5 Å². The Morgan fingerprint density at radius 1 is 0.844 bits per heavy atom. The molecular formula is C23H30N4O5. The Hall–Kier alpha value is -3.43. The van der Waals surface area contributed by atoms with Crippen molar-refractivity contribution < 1.29 is 24.7 Å². The van der Waals surface area contributed by atoms with Gasteiger partial charge in [0.05, 0.1) is 0 Å². The summed E-state index contributed by atoms with van der Waals surface area (Å²) in [5.74, 6) is -2.36. The minimum Gasteiger partial charge on any atom is -0.380 e. The fourth-order valence-electron chi connectivity index (χ4n) is 3.13. The van der Waals surface area contributed by atoms with Gasteiger partial charge in [0, 0.05) is 12.7 Å². The molecule has 3 unspecified atom stereocenters. The van der Waals surface area contributed by atoms with Gasteiger partial charge in [-0.1, -0.05) is 63.2 Å². The van der Waals surface area contributed by atoms with Gasteiger partial charge in [0.15, 0.2) is 6.10 Å². The molecule has 9 nitrogen and oxygen atoms in total. The minimum absolute atomic E-state index is 0.419. The summed E-state index contributed by atoms with van der Waals surface area (Å²) in [6.45, 7) is 5.32. The van der Waals surface area contributed by atoms with E-state index in [-0.39, 0.29) is 0 Å². The highest BCUT2D eigenvalue weighted by molar-refractivity contribution is 5.96. The number of aliphatic hydroxyl groups excluding tert-OH is 1. The number of likely N-dealkylation sites (N-methyl/N-ethyl adjacent to an activating group) is 1. The van der Waals surface area contributed by atoms with Gasteiger partial charge in [0.1, 0.15) is 12.1 Å². The number of nitrogens with one attached hydrogen (secondary N) is 4. The second kappa shape index (κ2) is 10.7. The monoisotopic (exact) mass is 442 g/mol. The lowest BCUT2D eigenvalue weighted by molar-refractivity contribution is -0.142. The highest BCUT2D eigenvalue weighted by Crippen LogP contribution is 2.23. The normalized spacial score (nSPS) is 13.9. The molecule has 3 atom stereocenters. The smallest absolute Gasteiger partial charge is 0.274 e. The van der Waals surface area contributed by atoms with E-state index in [9.17, 15) is 19.5 Å². The van der Waals surface area contributed by atoms with E-state index in [4.69, 9.17) is 5.21 Å². The summed E-state index contributed by atoms with van der Waals surface area (Å²) in [4.78, 5) is 37.1. The lowest BCUT2D eigenvalue weighted by Gasteiger charge is -2.32. The summed E-state index contributed by atoms with van der Waals surface area (Å²) < 4.78 is 0. The molecule has 0 bridgehead atoms. The molecule has 32 heavy (non-hydrogen) atoms. The topological polar surface area (TPSA) is 140 Å². The summed E-state index contributed by atoms with van der Waals surface area (Å²) in [6.07, 6.45) is -1.92. The summed E-state index contributed by atoms with van der Waals surface area (Å²) in [5.41, 5.74) is 3.12. The summed E-state index contributed by atoms with van der Waals surface area (Å²) in [7, 11) is 1.45. The molecule has 2 aromatic carbocycles. The molecule has 0 aliphatic carbocycles. The molecule has 2 rings (SSSR count). The van der Waals surface area contributed by atoms with Crippen LogP contribution >= 0.6 is 0 Å². The first-order valence-corrected chi connectivity index (χ1v) is 10.1. The maximum Gasteiger partial charge on any atom is 0.274 e. The van der Waals surface area contributed by atoms with Crippen molar-refractivity contribution in [1.29, 1.82) is 0 Å². The van der Waals surface area contributed by atoms with Crippen molar-refractivity contribution >= 4 is 23.4 Å². The van der Waals surface area contributed by atoms with E-state index in [0.717, 1.165) is 11.1 Å². The third-order valence-electron chi connectivity index (χ3n) is 4.95. The summed E-state index contributed by atoms with van der Waals surface area (Å²) >= 11 is 0. The number of carbonyl (C=O) groups excluding carboxylic acids is 3. The van der Waals surface area contributed by atoms with Crippen LogP contribution < -0.4 is 21.4 Å². The number of hydrogen-bond acceptors (Lipinski definition) is 6. The quantitative estimate of drug-likeness (QED) is 0.269. The molecule has 0 saturated heterocycles. The van der Waals surface area contributed by atoms with Crippen molar-refractivity contribution in [2.45, 2.75) is 39.0 Å². The van der Waals surface area contributed by atoms with Gasteiger partial charge in [-0.25, -0.2) is 5.48 Å². The molecule has 0 saturated carbocycles. The number of anilines is 1. The molecular weight excluding hydrogens is 412 g/mol. The van der Waals surface area contributed by atoms with Crippen molar-refractivity contribution in [3.05, 3.63) is 54.6 Å². The predicted molar refractivity (Wildman–Crippen MR) is 121 cm³/mol. The molecule has 0 fully saturated rings. The molecule has 9 heteroatoms. The van der Waals surface area contributed by atoms with Crippen LogP contribution in [0.15, 0.2) is 54.6 Å². The van der Waals surface area contributed by atoms with E-state index in [0.29, 0.717) is 5.69 Å². The third-order valence-corrected chi connectivity index (χ3v) is 4.95. The van der Waals surface area contributed by atoms with Crippen molar-refractivity contribution in [3.63, 3.8) is 0 Å². The Balaban J connectivity index is 2.28. The van der Waals surface area contributed by atoms with Crippen LogP contribution in [0.2, 0.25) is 0 Å². The van der Waals surface area contributed by atoms with Gasteiger partial charge < -0.3 is 21.1 Å². The van der Waals surface area contributed by atoms with Gasteiger partial charge in [0.2, 0.25) is 11.8 Å². The molecule has 172 valence electrons. The number of amides is 3. The predicted octanol–water partition coefficient (Wildman–Crippen LogP) is 1.28. The largest absolute Gasteiger partial charge is 0.380 e. The van der Waals surface area contributed by atoms with Gasteiger partial charge in [-0.2, -0.15) is 0 Å². The Labute approximate surface area is 187 Å². The van der Waals surface area contributed by atoms with Crippen LogP contribution in [-0.4, -0.2) is 53.3 Å². The number of rotatable bonds is 8. The van der Waals surface area contributed by atoms with Crippen LogP contribution in [0.25, 0.3) is 11.1 Å². The molecule has 0 spiro atoms. The Morgan fingerprint density at radius 3 is 1.91 bits per heavy atom. The van der Waals surface area contributed by atoms with Gasteiger partial charge >= 0.3 is 0 Å². The first-order valence-electron chi connectivity index (χ1n) is 10.1. The van der Waals surface area contributed by atoms with Crippen LogP contribution in [0.4, 0.5) is 5.69 Å². The Bertz CT molecular complexity index is 926. The van der Waals surface area contributed by atoms with E-state index in [2.05, 4.69) is 16.0 Å². The standard InChI is InChI=1S/C23H30N4O5/c1-23(2,3)19(22(31)24-4)26-20(29)17(18(28)21(30)27-32)25-16-12-10-15(11-13-16)14-8-6-5-7-9-14/h5-13,17-19,25,28,32H,1-4H3,(H,24,31)(H,26,29)(H,27,30). The van der Waals surface area contributed by atoms with Gasteiger partial charge in [-0.3, -0.25) is 19.6 Å². The fraction of sp³-hybridized carbons (Fsp3) is 0.348. The minimum atomic E-state index is -1.92. The zero-order chi connectivity index (χ0) is 23.9. The van der Waals surface area contributed by atoms with E-state index in [1.54, 1.807) is 32.9 Å². The second-order valence-corrected chi connectivity index (χ2v) is 8.41. The maximum absolute atomic E-state index is 13.0. The number of benzene rings is 2. The van der Waals surface area contributed by atoms with Crippen molar-refractivity contribution in [1.82, 2.24) is 16.1 Å². The van der Waals surface area contributed by atoms with Crippen molar-refractivity contribution in [2.24, 2.45) is 5.41 Å². The first-order chi connectivity index (χ1) is 15.1. The van der Waals surface area contributed by atoms with Crippen molar-refractivity contribution in [2.75, 3.05) is 12.4 Å². The highest BCUT2D eigenvalue weighted by Gasteiger charge is 2.38. The Morgan fingerprint density at radius 2 is 1.41 bits per heavy atom. The molecule has 2 aromatic rings. The van der Waals surface area contributed by atoms with Crippen LogP contribution in [-0.2, 0) is 14.4 Å². The first kappa shape index (κ1) is 24.8. The van der Waals surface area contributed by atoms with Crippen LogP contribution in [0.1, 0.15) is 20.8 Å². The zero-order valence-electron chi connectivity index (χ0n) is 18.5. The fourth-order valence-corrected chi connectivity index (χ4v) is 3.13. The van der Waals surface area contributed by atoms with Crippen molar-refractivity contribution in [3.8, 4) is 11.1 Å². The zero-order valence-corrected chi connectivity index (χ0v) is 18.5. The second-order valence-electron chi connectivity index (χ2n) is 8.41. The highest BCUT2D eigenvalue weighted by atomic mass is 16.5. The molecule has 0 aliphatic heterocycles. The van der Waals surface area contributed by atoms with Crippen LogP contribution in [0.3, 0.4) is 0 Å². The number of carbonyl (C=O) groups is 3. The molecule has 6 N–H and O–H groups in total.